The minimum Gasteiger partial charge on any atom is -0.496 e. The Morgan fingerprint density at radius 2 is 1.82 bits per heavy atom. The zero-order valence-corrected chi connectivity index (χ0v) is 18.3. The van der Waals surface area contributed by atoms with Crippen LogP contribution in [-0.4, -0.2) is 33.0 Å². The molecule has 0 N–H and O–H groups in total. The first-order chi connectivity index (χ1) is 16.3. The molecule has 2 aromatic carbocycles. The molecule has 0 unspecified atom stereocenters. The fraction of sp³-hybridized carbons (Fsp3) is 0.0909. The van der Waals surface area contributed by atoms with E-state index in [1.807, 2.05) is 0 Å². The molecule has 4 rings (SSSR count). The molecule has 34 heavy (non-hydrogen) atoms. The van der Waals surface area contributed by atoms with E-state index in [9.17, 15) is 29.8 Å². The highest BCUT2D eigenvalue weighted by molar-refractivity contribution is 8.18. The van der Waals surface area contributed by atoms with Crippen molar-refractivity contribution in [1.82, 2.24) is 4.90 Å². The van der Waals surface area contributed by atoms with Gasteiger partial charge in [0.2, 0.25) is 0 Å². The number of methoxy groups -OCH3 is 1. The molecule has 0 bridgehead atoms. The Hall–Kier alpha value is -4.45. The maximum Gasteiger partial charge on any atom is 0.293 e. The van der Waals surface area contributed by atoms with Crippen LogP contribution in [0.5, 0.6) is 5.75 Å². The van der Waals surface area contributed by atoms with Crippen LogP contribution < -0.4 is 4.74 Å². The summed E-state index contributed by atoms with van der Waals surface area (Å²) >= 11 is 0.684. The van der Waals surface area contributed by atoms with E-state index < -0.39 is 21.0 Å². The van der Waals surface area contributed by atoms with Crippen LogP contribution in [0.15, 0.2) is 63.9 Å². The Bertz CT molecular complexity index is 1360. The van der Waals surface area contributed by atoms with Crippen LogP contribution in [0.25, 0.3) is 17.4 Å². The van der Waals surface area contributed by atoms with Crippen LogP contribution in [0.3, 0.4) is 0 Å². The lowest BCUT2D eigenvalue weighted by molar-refractivity contribution is -0.385. The topological polar surface area (TPSA) is 146 Å². The quantitative estimate of drug-likeness (QED) is 0.258. The monoisotopic (exact) mass is 481 g/mol. The number of non-ortho nitro benzene ring substituents is 1. The number of para-hydroxylation sites is 1. The van der Waals surface area contributed by atoms with Crippen molar-refractivity contribution in [3.05, 3.63) is 91.1 Å². The van der Waals surface area contributed by atoms with Crippen molar-refractivity contribution in [2.24, 2.45) is 0 Å². The van der Waals surface area contributed by atoms with Gasteiger partial charge >= 0.3 is 0 Å². The molecule has 1 aliphatic rings. The Balaban J connectivity index is 1.60. The maximum atomic E-state index is 12.8. The fourth-order valence-corrected chi connectivity index (χ4v) is 4.15. The first-order valence-corrected chi connectivity index (χ1v) is 10.5. The summed E-state index contributed by atoms with van der Waals surface area (Å²) in [5, 5.41) is 21.8. The lowest BCUT2D eigenvalue weighted by atomic mass is 10.1. The van der Waals surface area contributed by atoms with Crippen molar-refractivity contribution in [3.8, 4) is 17.1 Å². The number of nitrogens with zero attached hydrogens (tertiary/aromatic N) is 3. The van der Waals surface area contributed by atoms with Crippen molar-refractivity contribution < 1.29 is 28.6 Å². The number of imide groups is 1. The van der Waals surface area contributed by atoms with Crippen LogP contribution in [0.1, 0.15) is 11.3 Å². The van der Waals surface area contributed by atoms with Gasteiger partial charge < -0.3 is 9.15 Å². The molecule has 11 nitrogen and oxygen atoms in total. The number of nitro groups is 2. The average molecular weight is 481 g/mol. The van der Waals surface area contributed by atoms with Gasteiger partial charge in [-0.2, -0.15) is 0 Å². The second-order valence-electron chi connectivity index (χ2n) is 7.00. The van der Waals surface area contributed by atoms with Crippen LogP contribution in [0, 0.1) is 20.2 Å². The third-order valence-corrected chi connectivity index (χ3v) is 5.86. The van der Waals surface area contributed by atoms with Gasteiger partial charge in [0, 0.05) is 29.8 Å². The number of amides is 2. The van der Waals surface area contributed by atoms with Gasteiger partial charge in [-0.25, -0.2) is 0 Å². The Morgan fingerprint density at radius 3 is 2.53 bits per heavy atom. The number of furan rings is 1. The summed E-state index contributed by atoms with van der Waals surface area (Å²) in [4.78, 5) is 47.5. The second kappa shape index (κ2) is 9.19. The first kappa shape index (κ1) is 22.7. The summed E-state index contributed by atoms with van der Waals surface area (Å²) in [6, 6.07) is 13.0. The van der Waals surface area contributed by atoms with Gasteiger partial charge in [-0.05, 0) is 30.0 Å². The first-order valence-electron chi connectivity index (χ1n) is 9.69. The van der Waals surface area contributed by atoms with Gasteiger partial charge in [0.25, 0.3) is 22.5 Å². The highest BCUT2D eigenvalue weighted by Gasteiger charge is 2.36. The van der Waals surface area contributed by atoms with E-state index in [1.54, 1.807) is 18.2 Å². The minimum absolute atomic E-state index is 0.0792. The molecule has 0 saturated carbocycles. The van der Waals surface area contributed by atoms with Crippen LogP contribution in [0.2, 0.25) is 0 Å². The highest BCUT2D eigenvalue weighted by Crippen LogP contribution is 2.37. The Kier molecular flexibility index (Phi) is 6.15. The number of benzene rings is 2. The lowest BCUT2D eigenvalue weighted by Crippen LogP contribution is -2.27. The molecule has 1 aromatic heterocycles. The van der Waals surface area contributed by atoms with Crippen molar-refractivity contribution in [3.63, 3.8) is 0 Å². The summed E-state index contributed by atoms with van der Waals surface area (Å²) < 4.78 is 11.0. The van der Waals surface area contributed by atoms with E-state index in [0.29, 0.717) is 23.1 Å². The summed E-state index contributed by atoms with van der Waals surface area (Å²) in [5.74, 6) is 0.251. The highest BCUT2D eigenvalue weighted by atomic mass is 32.2. The van der Waals surface area contributed by atoms with Gasteiger partial charge in [0.05, 0.1) is 34.0 Å². The summed E-state index contributed by atoms with van der Waals surface area (Å²) in [6.45, 7) is -0.243. The van der Waals surface area contributed by atoms with Crippen LogP contribution in [-0.2, 0) is 11.3 Å². The van der Waals surface area contributed by atoms with Crippen molar-refractivity contribution >= 4 is 40.4 Å². The zero-order chi connectivity index (χ0) is 24.4. The van der Waals surface area contributed by atoms with Crippen molar-refractivity contribution in [2.45, 2.75) is 6.54 Å². The number of ether oxygens (including phenoxy) is 1. The number of thioether (sulfide) groups is 1. The third-order valence-electron chi connectivity index (χ3n) is 4.95. The van der Waals surface area contributed by atoms with Crippen LogP contribution in [0.4, 0.5) is 16.2 Å². The normalized spacial score (nSPS) is 14.6. The molecule has 1 aliphatic heterocycles. The standard InChI is InChI=1S/C22H15N3O8S/c1-32-18-8-6-14(24(28)29)10-16(18)19-9-7-15(33-19)11-20-21(26)23(22(27)34-20)12-13-4-2-3-5-17(13)25(30)31/h2-11H,12H2,1H3/b20-11-. The number of carbonyl (C=O) groups excluding carboxylic acids is 2. The lowest BCUT2D eigenvalue weighted by Gasteiger charge is -2.12. The number of hydrogen-bond acceptors (Lipinski definition) is 9. The average Bonchev–Trinajstić information content (AvgIpc) is 3.39. The minimum atomic E-state index is -0.612. The predicted octanol–water partition coefficient (Wildman–Crippen LogP) is 5.01. The molecule has 2 heterocycles. The molecule has 1 fully saturated rings. The van der Waals surface area contributed by atoms with E-state index in [4.69, 9.17) is 9.15 Å². The Labute approximate surface area is 195 Å². The molecular weight excluding hydrogens is 466 g/mol. The van der Waals surface area contributed by atoms with E-state index in [2.05, 4.69) is 0 Å². The van der Waals surface area contributed by atoms with Crippen molar-refractivity contribution in [1.29, 1.82) is 0 Å². The molecule has 3 aromatic rings. The molecule has 2 amide bonds. The summed E-state index contributed by atoms with van der Waals surface area (Å²) in [6.07, 6.45) is 1.37. The van der Waals surface area contributed by atoms with Gasteiger partial charge in [-0.1, -0.05) is 18.2 Å². The number of hydrogen-bond donors (Lipinski definition) is 0. The van der Waals surface area contributed by atoms with Gasteiger partial charge in [-0.15, -0.1) is 0 Å². The molecule has 12 heteroatoms. The van der Waals surface area contributed by atoms with E-state index in [0.717, 1.165) is 4.90 Å². The summed E-state index contributed by atoms with van der Waals surface area (Å²) in [5.41, 5.74) is 0.243. The fourth-order valence-electron chi connectivity index (χ4n) is 3.34. The summed E-state index contributed by atoms with van der Waals surface area (Å²) in [7, 11) is 1.42. The molecule has 0 atom stereocenters. The molecule has 0 radical (unpaired) electrons. The largest absolute Gasteiger partial charge is 0.496 e. The Morgan fingerprint density at radius 1 is 1.06 bits per heavy atom. The van der Waals surface area contributed by atoms with E-state index >= 15 is 0 Å². The molecular formula is C22H15N3O8S. The van der Waals surface area contributed by atoms with E-state index in [-0.39, 0.29) is 39.9 Å². The molecule has 0 aliphatic carbocycles. The molecule has 0 spiro atoms. The van der Waals surface area contributed by atoms with Gasteiger partial charge in [0.15, 0.2) is 0 Å². The van der Waals surface area contributed by atoms with Gasteiger partial charge in [0.1, 0.15) is 17.3 Å². The second-order valence-corrected chi connectivity index (χ2v) is 7.99. The van der Waals surface area contributed by atoms with E-state index in [1.165, 1.54) is 49.6 Å². The van der Waals surface area contributed by atoms with Gasteiger partial charge in [-0.3, -0.25) is 34.7 Å². The number of nitro benzene ring substituents is 2. The third kappa shape index (κ3) is 4.38. The SMILES string of the molecule is COc1ccc([N+](=O)[O-])cc1-c1ccc(/C=C2\SC(=O)N(Cc3ccccc3[N+](=O)[O-])C2=O)o1. The number of rotatable bonds is 7. The smallest absolute Gasteiger partial charge is 0.293 e. The number of carbonyl (C=O) groups is 2. The zero-order valence-electron chi connectivity index (χ0n) is 17.5. The molecule has 1 saturated heterocycles. The van der Waals surface area contributed by atoms with Crippen LogP contribution >= 0.6 is 11.8 Å². The maximum absolute atomic E-state index is 12.8. The predicted molar refractivity (Wildman–Crippen MR) is 122 cm³/mol. The van der Waals surface area contributed by atoms with Crippen molar-refractivity contribution in [2.75, 3.05) is 7.11 Å². The molecule has 172 valence electrons.